The van der Waals surface area contributed by atoms with Gasteiger partial charge in [0.1, 0.15) is 5.69 Å². The lowest BCUT2D eigenvalue weighted by Crippen LogP contribution is -2.22. The second-order valence-electron chi connectivity index (χ2n) is 4.07. The number of anilines is 1. The zero-order chi connectivity index (χ0) is 14.0. The summed E-state index contributed by atoms with van der Waals surface area (Å²) in [6.45, 7) is 0.368. The van der Waals surface area contributed by atoms with Gasteiger partial charge in [-0.15, -0.1) is 0 Å². The highest BCUT2D eigenvalue weighted by atomic mass is 16.6. The van der Waals surface area contributed by atoms with Crippen molar-refractivity contribution in [1.29, 1.82) is 0 Å². The van der Waals surface area contributed by atoms with Gasteiger partial charge in [0.2, 0.25) is 5.91 Å². The van der Waals surface area contributed by atoms with Gasteiger partial charge >= 0.3 is 0 Å². The van der Waals surface area contributed by atoms with Crippen molar-refractivity contribution in [2.45, 2.75) is 12.5 Å². The van der Waals surface area contributed by atoms with Crippen molar-refractivity contribution < 1.29 is 14.6 Å². The summed E-state index contributed by atoms with van der Waals surface area (Å²) in [5.41, 5.74) is -0.566. The highest BCUT2D eigenvalue weighted by Crippen LogP contribution is 2.29. The maximum absolute atomic E-state index is 11.0. The van der Waals surface area contributed by atoms with Crippen molar-refractivity contribution >= 4 is 23.0 Å². The first kappa shape index (κ1) is 12.7. The second-order valence-corrected chi connectivity index (χ2v) is 4.07. The molecule has 1 aromatic carbocycles. The summed E-state index contributed by atoms with van der Waals surface area (Å²) in [7, 11) is 0. The first-order chi connectivity index (χ1) is 8.97. The molecule has 0 aromatic heterocycles. The van der Waals surface area contributed by atoms with Gasteiger partial charge in [0, 0.05) is 19.0 Å². The summed E-state index contributed by atoms with van der Waals surface area (Å²) in [6, 6.07) is 3.10. The van der Waals surface area contributed by atoms with Gasteiger partial charge in [-0.3, -0.25) is 25.0 Å². The zero-order valence-corrected chi connectivity index (χ0v) is 9.66. The molecule has 2 N–H and O–H groups in total. The molecule has 2 rings (SSSR count). The average Bonchev–Trinajstić information content (AvgIpc) is 2.74. The third-order valence-electron chi connectivity index (χ3n) is 2.73. The molecule has 1 aliphatic heterocycles. The van der Waals surface area contributed by atoms with E-state index >= 15 is 0 Å². The number of carbonyl (C=O) groups is 1. The van der Waals surface area contributed by atoms with E-state index in [1.807, 2.05) is 0 Å². The minimum Gasteiger partial charge on any atom is -0.374 e. The van der Waals surface area contributed by atoms with Gasteiger partial charge < -0.3 is 10.6 Å². The molecule has 1 aromatic rings. The molecule has 9 heteroatoms. The van der Waals surface area contributed by atoms with Crippen LogP contribution >= 0.6 is 0 Å². The van der Waals surface area contributed by atoms with E-state index in [2.05, 4.69) is 10.6 Å². The normalized spacial score (nSPS) is 17.9. The fourth-order valence-electron chi connectivity index (χ4n) is 1.83. The van der Waals surface area contributed by atoms with Crippen LogP contribution in [0.5, 0.6) is 0 Å². The molecular weight excluding hydrogens is 256 g/mol. The van der Waals surface area contributed by atoms with Gasteiger partial charge in [-0.1, -0.05) is 0 Å². The lowest BCUT2D eigenvalue weighted by Gasteiger charge is -2.11. The number of amides is 1. The molecule has 0 aliphatic carbocycles. The maximum Gasteiger partial charge on any atom is 0.299 e. The zero-order valence-electron chi connectivity index (χ0n) is 9.66. The molecule has 19 heavy (non-hydrogen) atoms. The number of benzene rings is 1. The van der Waals surface area contributed by atoms with E-state index in [9.17, 15) is 25.0 Å². The Morgan fingerprint density at radius 3 is 2.53 bits per heavy atom. The summed E-state index contributed by atoms with van der Waals surface area (Å²) in [4.78, 5) is 31.1. The van der Waals surface area contributed by atoms with Gasteiger partial charge in [-0.05, 0) is 6.07 Å². The molecule has 100 valence electrons. The number of carbonyl (C=O) groups excluding carboxylic acids is 1. The summed E-state index contributed by atoms with van der Waals surface area (Å²) in [5.74, 6) is -0.137. The number of non-ortho nitro benzene ring substituents is 1. The van der Waals surface area contributed by atoms with E-state index in [1.165, 1.54) is 12.1 Å². The Hall–Kier alpha value is -2.71. The number of nitrogens with zero attached hydrogens (tertiary/aromatic N) is 2. The number of hydrogen-bond acceptors (Lipinski definition) is 6. The van der Waals surface area contributed by atoms with Crippen LogP contribution in [-0.2, 0) is 4.79 Å². The van der Waals surface area contributed by atoms with Crippen LogP contribution in [0.15, 0.2) is 18.2 Å². The van der Waals surface area contributed by atoms with Crippen molar-refractivity contribution in [2.75, 3.05) is 11.9 Å². The summed E-state index contributed by atoms with van der Waals surface area (Å²) in [5, 5.41) is 26.9. The monoisotopic (exact) mass is 266 g/mol. The summed E-state index contributed by atoms with van der Waals surface area (Å²) in [6.07, 6.45) is 0.216. The van der Waals surface area contributed by atoms with Gasteiger partial charge in [0.15, 0.2) is 0 Å². The standard InChI is InChI=1S/C10H10N4O5/c15-10-3-6(5-11-10)12-8-2-1-7(13(16)17)4-9(8)14(18)19/h1-2,4,6,12H,3,5H2,(H,11,15). The van der Waals surface area contributed by atoms with Crippen molar-refractivity contribution in [2.24, 2.45) is 0 Å². The van der Waals surface area contributed by atoms with Gasteiger partial charge in [-0.2, -0.15) is 0 Å². The Bertz CT molecular complexity index is 559. The van der Waals surface area contributed by atoms with E-state index < -0.39 is 9.85 Å². The number of nitro groups is 2. The SMILES string of the molecule is O=C1CC(Nc2ccc([N+](=O)[O-])cc2[N+](=O)[O-])CN1. The van der Waals surface area contributed by atoms with Crippen molar-refractivity contribution in [3.63, 3.8) is 0 Å². The average molecular weight is 266 g/mol. The molecule has 1 heterocycles. The summed E-state index contributed by atoms with van der Waals surface area (Å²) < 4.78 is 0. The van der Waals surface area contributed by atoms with Gasteiger partial charge in [-0.25, -0.2) is 0 Å². The molecular formula is C10H10N4O5. The Kier molecular flexibility index (Phi) is 3.27. The Morgan fingerprint density at radius 1 is 1.26 bits per heavy atom. The van der Waals surface area contributed by atoms with Crippen LogP contribution in [0.1, 0.15) is 6.42 Å². The van der Waals surface area contributed by atoms with E-state index in [1.54, 1.807) is 0 Å². The van der Waals surface area contributed by atoms with E-state index in [4.69, 9.17) is 0 Å². The predicted molar refractivity (Wildman–Crippen MR) is 64.8 cm³/mol. The molecule has 1 amide bonds. The van der Waals surface area contributed by atoms with Gasteiger partial charge in [0.25, 0.3) is 11.4 Å². The summed E-state index contributed by atoms with van der Waals surface area (Å²) >= 11 is 0. The van der Waals surface area contributed by atoms with Crippen LogP contribution < -0.4 is 10.6 Å². The minimum atomic E-state index is -0.697. The predicted octanol–water partition coefficient (Wildman–Crippen LogP) is 0.803. The molecule has 0 spiro atoms. The van der Waals surface area contributed by atoms with E-state index in [-0.39, 0.29) is 35.4 Å². The first-order valence-electron chi connectivity index (χ1n) is 5.43. The third kappa shape index (κ3) is 2.76. The molecule has 1 atom stereocenters. The number of rotatable bonds is 4. The van der Waals surface area contributed by atoms with Crippen molar-refractivity contribution in [3.05, 3.63) is 38.4 Å². The highest BCUT2D eigenvalue weighted by molar-refractivity contribution is 5.80. The highest BCUT2D eigenvalue weighted by Gasteiger charge is 2.25. The molecule has 1 saturated heterocycles. The molecule has 0 saturated carbocycles. The van der Waals surface area contributed by atoms with Crippen molar-refractivity contribution in [1.82, 2.24) is 5.32 Å². The van der Waals surface area contributed by atoms with Gasteiger partial charge in [0.05, 0.1) is 22.0 Å². The van der Waals surface area contributed by atoms with Crippen LogP contribution in [0.25, 0.3) is 0 Å². The minimum absolute atomic E-state index is 0.137. The Balaban J connectivity index is 2.26. The first-order valence-corrected chi connectivity index (χ1v) is 5.43. The number of nitro benzene ring substituents is 2. The van der Waals surface area contributed by atoms with Crippen LogP contribution in [0.3, 0.4) is 0 Å². The second kappa shape index (κ2) is 4.88. The molecule has 1 aliphatic rings. The molecule has 9 nitrogen and oxygen atoms in total. The topological polar surface area (TPSA) is 127 Å². The third-order valence-corrected chi connectivity index (χ3v) is 2.73. The van der Waals surface area contributed by atoms with Crippen LogP contribution in [0, 0.1) is 20.2 Å². The molecule has 0 radical (unpaired) electrons. The quantitative estimate of drug-likeness (QED) is 0.612. The lowest BCUT2D eigenvalue weighted by atomic mass is 10.2. The van der Waals surface area contributed by atoms with E-state index in [0.717, 1.165) is 6.07 Å². The van der Waals surface area contributed by atoms with Crippen LogP contribution in [-0.4, -0.2) is 28.3 Å². The van der Waals surface area contributed by atoms with Crippen LogP contribution in [0.2, 0.25) is 0 Å². The molecule has 0 bridgehead atoms. The Labute approximate surface area is 106 Å². The van der Waals surface area contributed by atoms with Crippen LogP contribution in [0.4, 0.5) is 17.1 Å². The number of hydrogen-bond donors (Lipinski definition) is 2. The maximum atomic E-state index is 11.0. The smallest absolute Gasteiger partial charge is 0.299 e. The lowest BCUT2D eigenvalue weighted by molar-refractivity contribution is -0.393. The largest absolute Gasteiger partial charge is 0.374 e. The molecule has 1 fully saturated rings. The Morgan fingerprint density at radius 2 is 2.00 bits per heavy atom. The van der Waals surface area contributed by atoms with Crippen molar-refractivity contribution in [3.8, 4) is 0 Å². The molecule has 1 unspecified atom stereocenters. The number of nitrogens with one attached hydrogen (secondary N) is 2. The fraction of sp³-hybridized carbons (Fsp3) is 0.300. The fourth-order valence-corrected chi connectivity index (χ4v) is 1.83. The van der Waals surface area contributed by atoms with E-state index in [0.29, 0.717) is 6.54 Å².